The molecule has 0 aromatic carbocycles. The van der Waals surface area contributed by atoms with Crippen molar-refractivity contribution in [2.45, 2.75) is 19.3 Å². The van der Waals surface area contributed by atoms with E-state index in [4.69, 9.17) is 18.6 Å². The van der Waals surface area contributed by atoms with Crippen molar-refractivity contribution in [1.82, 2.24) is 0 Å². The lowest BCUT2D eigenvalue weighted by Gasteiger charge is -2.17. The quantitative estimate of drug-likeness (QED) is 0.375. The molecule has 1 aliphatic rings. The maximum absolute atomic E-state index is 10.4. The fraction of sp³-hybridized carbons (Fsp3) is 0.800. The fourth-order valence-electron chi connectivity index (χ4n) is 0.781. The van der Waals surface area contributed by atoms with E-state index in [0.29, 0.717) is 17.7 Å². The van der Waals surface area contributed by atoms with Gasteiger partial charge in [0.25, 0.3) is 0 Å². The SMILES string of the molecule is O=C1CCCC[N+]1=O.[O-][Cl+3]([O-])([O-])[O-]. The van der Waals surface area contributed by atoms with Crippen LogP contribution in [0.15, 0.2) is 0 Å². The second kappa shape index (κ2) is 5.20. The predicted molar refractivity (Wildman–Crippen MR) is 27.4 cm³/mol. The number of halogens is 1. The van der Waals surface area contributed by atoms with Crippen LogP contribution in [0.5, 0.6) is 0 Å². The van der Waals surface area contributed by atoms with E-state index in [1.165, 1.54) is 0 Å². The zero-order chi connectivity index (χ0) is 10.5. The van der Waals surface area contributed by atoms with Crippen molar-refractivity contribution in [2.75, 3.05) is 6.54 Å². The average molecular weight is 214 g/mol. The van der Waals surface area contributed by atoms with Crippen LogP contribution >= 0.6 is 0 Å². The zero-order valence-electron chi connectivity index (χ0n) is 6.60. The van der Waals surface area contributed by atoms with Crippen molar-refractivity contribution in [3.8, 4) is 0 Å². The van der Waals surface area contributed by atoms with Crippen LogP contribution < -0.4 is 18.6 Å². The Balaban J connectivity index is 0.000000252. The molecule has 1 aliphatic heterocycles. The number of rotatable bonds is 0. The van der Waals surface area contributed by atoms with E-state index >= 15 is 0 Å². The first-order chi connectivity index (χ1) is 5.80. The van der Waals surface area contributed by atoms with Gasteiger partial charge in [-0.05, 0) is 6.42 Å². The van der Waals surface area contributed by atoms with Gasteiger partial charge in [0.05, 0.1) is 11.2 Å². The van der Waals surface area contributed by atoms with Gasteiger partial charge in [0.15, 0.2) is 0 Å². The molecular weight excluding hydrogens is 206 g/mol. The van der Waals surface area contributed by atoms with E-state index in [2.05, 4.69) is 0 Å². The Morgan fingerprint density at radius 3 is 1.85 bits per heavy atom. The van der Waals surface area contributed by atoms with E-state index in [0.717, 1.165) is 12.8 Å². The highest BCUT2D eigenvalue weighted by atomic mass is 35.7. The highest BCUT2D eigenvalue weighted by Crippen LogP contribution is 2.03. The largest absolute Gasteiger partial charge is 0.433 e. The van der Waals surface area contributed by atoms with Crippen molar-refractivity contribution in [2.24, 2.45) is 0 Å². The van der Waals surface area contributed by atoms with E-state index in [-0.39, 0.29) is 5.91 Å². The minimum atomic E-state index is -4.94. The van der Waals surface area contributed by atoms with Crippen LogP contribution in [0.3, 0.4) is 0 Å². The zero-order valence-corrected chi connectivity index (χ0v) is 7.36. The van der Waals surface area contributed by atoms with Gasteiger partial charge in [0.1, 0.15) is 0 Å². The third-order valence-electron chi connectivity index (χ3n) is 1.28. The standard InChI is InChI=1S/C5H8NO2.ClHO4/c7-5-3-1-2-4-6(5)8;2-1(3,4)5/h1-4H2;(H,2,3,4,5)/q+1;/p-1. The number of nitroso groups, excluding NO2 is 1. The summed E-state index contributed by atoms with van der Waals surface area (Å²) in [4.78, 5) is 20.8. The van der Waals surface area contributed by atoms with E-state index in [9.17, 15) is 9.70 Å². The van der Waals surface area contributed by atoms with Crippen LogP contribution in [0.1, 0.15) is 19.3 Å². The van der Waals surface area contributed by atoms with Gasteiger partial charge >= 0.3 is 5.91 Å². The van der Waals surface area contributed by atoms with E-state index < -0.39 is 10.2 Å². The number of hydrogen-bond acceptors (Lipinski definition) is 6. The summed E-state index contributed by atoms with van der Waals surface area (Å²) in [6.45, 7) is 0.402. The second-order valence-corrected chi connectivity index (χ2v) is 3.09. The summed E-state index contributed by atoms with van der Waals surface area (Å²) in [7, 11) is -4.94. The molecule has 0 bridgehead atoms. The second-order valence-electron chi connectivity index (χ2n) is 2.33. The molecule has 0 aromatic rings. The lowest BCUT2D eigenvalue weighted by Crippen LogP contribution is -2.68. The summed E-state index contributed by atoms with van der Waals surface area (Å²) in [5.74, 6) is -0.253. The number of carbonyl (C=O) groups excluding carboxylic acids is 1. The van der Waals surface area contributed by atoms with Gasteiger partial charge < -0.3 is 0 Å². The molecule has 0 spiro atoms. The molecular formula is C5H8ClNO6. The third kappa shape index (κ3) is 9.31. The van der Waals surface area contributed by atoms with Crippen molar-refractivity contribution in [3.63, 3.8) is 0 Å². The van der Waals surface area contributed by atoms with Gasteiger partial charge in [-0.25, -0.2) is 23.4 Å². The summed E-state index contributed by atoms with van der Waals surface area (Å²) in [6, 6.07) is 0. The highest BCUT2D eigenvalue weighted by Gasteiger charge is 2.25. The smallest absolute Gasteiger partial charge is 0.222 e. The normalized spacial score (nSPS) is 17.8. The molecule has 1 amide bonds. The number of hydrogen-bond donors (Lipinski definition) is 0. The molecule has 1 rings (SSSR count). The molecule has 1 saturated heterocycles. The maximum Gasteiger partial charge on any atom is 0.433 e. The van der Waals surface area contributed by atoms with E-state index in [1.54, 1.807) is 0 Å². The Hall–Kier alpha value is -0.600. The Morgan fingerprint density at radius 2 is 1.62 bits per heavy atom. The molecule has 1 fully saturated rings. The average Bonchev–Trinajstić information content (AvgIpc) is 1.92. The molecule has 13 heavy (non-hydrogen) atoms. The Morgan fingerprint density at radius 1 is 1.15 bits per heavy atom. The number of amides is 1. The molecule has 0 aromatic heterocycles. The molecule has 0 aliphatic carbocycles. The van der Waals surface area contributed by atoms with Gasteiger partial charge in [-0.15, -0.1) is 10.2 Å². The number of nitrogens with zero attached hydrogens (tertiary/aromatic N) is 1. The van der Waals surface area contributed by atoms with Crippen molar-refractivity contribution >= 4 is 5.91 Å². The molecule has 0 saturated carbocycles. The molecule has 8 heteroatoms. The third-order valence-corrected chi connectivity index (χ3v) is 1.28. The van der Waals surface area contributed by atoms with Gasteiger partial charge in [0, 0.05) is 11.3 Å². The summed E-state index contributed by atoms with van der Waals surface area (Å²) in [5, 5.41) is 0. The summed E-state index contributed by atoms with van der Waals surface area (Å²) in [5.41, 5.74) is 0. The van der Waals surface area contributed by atoms with Crippen molar-refractivity contribution in [1.29, 1.82) is 0 Å². The van der Waals surface area contributed by atoms with Crippen LogP contribution in [-0.2, 0) is 4.79 Å². The topological polar surface area (TPSA) is 129 Å². The minimum Gasteiger partial charge on any atom is -0.222 e. The summed E-state index contributed by atoms with van der Waals surface area (Å²) < 4.78 is 34.5. The van der Waals surface area contributed by atoms with Crippen LogP contribution in [0.2, 0.25) is 0 Å². The molecule has 0 N–H and O–H groups in total. The highest BCUT2D eigenvalue weighted by molar-refractivity contribution is 5.67. The van der Waals surface area contributed by atoms with Gasteiger partial charge in [-0.2, -0.15) is 0 Å². The Bertz CT molecular complexity index is 178. The Labute approximate surface area is 75.9 Å². The predicted octanol–water partition coefficient (Wildman–Crippen LogP) is -4.28. The first kappa shape index (κ1) is 12.4. The molecule has 0 radical (unpaired) electrons. The van der Waals surface area contributed by atoms with E-state index in [1.807, 2.05) is 0 Å². The van der Waals surface area contributed by atoms with Crippen LogP contribution in [0, 0.1) is 15.2 Å². The summed E-state index contributed by atoms with van der Waals surface area (Å²) in [6.07, 6.45) is 2.20. The van der Waals surface area contributed by atoms with Gasteiger partial charge in [-0.1, -0.05) is 0 Å². The van der Waals surface area contributed by atoms with Crippen LogP contribution in [-0.4, -0.2) is 17.2 Å². The maximum atomic E-state index is 10.4. The van der Waals surface area contributed by atoms with Gasteiger partial charge in [-0.3, -0.25) is 0 Å². The molecule has 76 valence electrons. The lowest BCUT2D eigenvalue weighted by molar-refractivity contribution is -2.00. The van der Waals surface area contributed by atoms with Crippen molar-refractivity contribution in [3.05, 3.63) is 4.91 Å². The number of piperidine rings is 1. The fourth-order valence-corrected chi connectivity index (χ4v) is 0.781. The summed E-state index contributed by atoms with van der Waals surface area (Å²) >= 11 is 0. The first-order valence-electron chi connectivity index (χ1n) is 3.40. The molecule has 0 unspecified atom stereocenters. The van der Waals surface area contributed by atoms with Gasteiger partial charge in [0.2, 0.25) is 6.54 Å². The van der Waals surface area contributed by atoms with Crippen LogP contribution in [0.4, 0.5) is 0 Å². The molecule has 1 heterocycles. The number of carbonyl (C=O) groups is 1. The first-order valence-corrected chi connectivity index (χ1v) is 4.63. The Kier molecular flexibility index (Phi) is 4.96. The van der Waals surface area contributed by atoms with Crippen molar-refractivity contribution < 1.29 is 38.4 Å². The monoisotopic (exact) mass is 213 g/mol. The van der Waals surface area contributed by atoms with Crippen LogP contribution in [0.25, 0.3) is 0 Å². The molecule has 7 nitrogen and oxygen atoms in total. The minimum absolute atomic E-state index is 0.253. The lowest BCUT2D eigenvalue weighted by atomic mass is 10.2. The molecule has 0 atom stereocenters.